The Balaban J connectivity index is 1.31. The molecule has 1 saturated heterocycles. The molecule has 6 heterocycles. The fourth-order valence-corrected chi connectivity index (χ4v) is 4.60. The van der Waals surface area contributed by atoms with Crippen molar-refractivity contribution in [2.24, 2.45) is 7.05 Å². The van der Waals surface area contributed by atoms with Gasteiger partial charge in [0.15, 0.2) is 5.82 Å². The highest BCUT2D eigenvalue weighted by molar-refractivity contribution is 5.92. The molecule has 1 atom stereocenters. The van der Waals surface area contributed by atoms with E-state index >= 15 is 0 Å². The summed E-state index contributed by atoms with van der Waals surface area (Å²) in [5, 5.41) is 6.85. The number of hydrogen-bond donors (Lipinski definition) is 1. The van der Waals surface area contributed by atoms with Crippen molar-refractivity contribution in [3.8, 4) is 11.5 Å². The van der Waals surface area contributed by atoms with Gasteiger partial charge in [-0.3, -0.25) is 14.3 Å². The fraction of sp³-hybridized carbons (Fsp3) is 0.250. The van der Waals surface area contributed by atoms with Crippen LogP contribution in [0.2, 0.25) is 0 Å². The van der Waals surface area contributed by atoms with Crippen LogP contribution in [0.15, 0.2) is 61.7 Å². The van der Waals surface area contributed by atoms with Crippen molar-refractivity contribution >= 4 is 17.4 Å². The number of aromatic nitrogens is 8. The number of rotatable bonds is 4. The molecule has 6 rings (SSSR count). The normalized spacial score (nSPS) is 16.4. The zero-order chi connectivity index (χ0) is 26.4. The van der Waals surface area contributed by atoms with Crippen LogP contribution in [0.3, 0.4) is 0 Å². The second kappa shape index (κ2) is 8.97. The summed E-state index contributed by atoms with van der Waals surface area (Å²) in [4.78, 5) is 34.4. The molecule has 1 N–H and O–H groups in total. The van der Waals surface area contributed by atoms with E-state index in [1.165, 1.54) is 16.7 Å². The summed E-state index contributed by atoms with van der Waals surface area (Å²) in [7, 11) is 1.80. The van der Waals surface area contributed by atoms with Crippen LogP contribution in [0, 0.1) is 0 Å². The Bertz CT molecular complexity index is 1610. The Kier molecular flexibility index (Phi) is 5.58. The van der Waals surface area contributed by atoms with E-state index in [2.05, 4.69) is 30.1 Å². The van der Waals surface area contributed by atoms with Crippen molar-refractivity contribution in [1.82, 2.24) is 44.0 Å². The van der Waals surface area contributed by atoms with Crippen LogP contribution >= 0.6 is 0 Å². The molecule has 5 aromatic rings. The molecular formula is C24H21F3N10O. The first-order valence-electron chi connectivity index (χ1n) is 11.7. The third-order valence-electron chi connectivity index (χ3n) is 6.50. The Labute approximate surface area is 213 Å². The number of piperazine rings is 1. The number of carbonyl (C=O) groups excluding carboxylic acids is 1. The van der Waals surface area contributed by atoms with E-state index in [0.717, 1.165) is 17.8 Å². The SMILES string of the molecule is Cn1cnc(C(=O)N2CCN(c3ccnc(-c4cnc5ccc(C(F)(F)F)cn45)n3)CC2c2cn[nH]c2)c1. The maximum Gasteiger partial charge on any atom is 0.417 e. The smallest absolute Gasteiger partial charge is 0.352 e. The molecule has 5 aromatic heterocycles. The number of carbonyl (C=O) groups is 1. The Morgan fingerprint density at radius 3 is 2.68 bits per heavy atom. The average Bonchev–Trinajstić information content (AvgIpc) is 3.68. The van der Waals surface area contributed by atoms with Gasteiger partial charge >= 0.3 is 6.18 Å². The van der Waals surface area contributed by atoms with E-state index in [0.29, 0.717) is 42.5 Å². The summed E-state index contributed by atoms with van der Waals surface area (Å²) in [6.45, 7) is 1.30. The number of fused-ring (bicyclic) bond motifs is 1. The van der Waals surface area contributed by atoms with Gasteiger partial charge in [-0.05, 0) is 18.2 Å². The van der Waals surface area contributed by atoms with E-state index < -0.39 is 11.7 Å². The lowest BCUT2D eigenvalue weighted by Gasteiger charge is -2.41. The lowest BCUT2D eigenvalue weighted by Crippen LogP contribution is -2.51. The Morgan fingerprint density at radius 1 is 1.08 bits per heavy atom. The number of nitrogens with zero attached hydrogens (tertiary/aromatic N) is 9. The minimum Gasteiger partial charge on any atom is -0.352 e. The number of nitrogens with one attached hydrogen (secondary N) is 1. The molecule has 0 bridgehead atoms. The molecule has 1 aliphatic heterocycles. The molecule has 1 aliphatic rings. The van der Waals surface area contributed by atoms with E-state index in [4.69, 9.17) is 0 Å². The maximum absolute atomic E-state index is 13.3. The molecule has 1 amide bonds. The van der Waals surface area contributed by atoms with Crippen LogP contribution < -0.4 is 4.90 Å². The van der Waals surface area contributed by atoms with E-state index in [1.807, 2.05) is 4.90 Å². The molecule has 38 heavy (non-hydrogen) atoms. The summed E-state index contributed by atoms with van der Waals surface area (Å²) < 4.78 is 43.0. The Hall–Kier alpha value is -4.75. The van der Waals surface area contributed by atoms with Crippen molar-refractivity contribution in [2.45, 2.75) is 12.2 Å². The van der Waals surface area contributed by atoms with Gasteiger partial charge in [-0.2, -0.15) is 18.3 Å². The highest BCUT2D eigenvalue weighted by Gasteiger charge is 2.34. The molecule has 0 aromatic carbocycles. The highest BCUT2D eigenvalue weighted by Crippen LogP contribution is 2.32. The van der Waals surface area contributed by atoms with Crippen molar-refractivity contribution in [2.75, 3.05) is 24.5 Å². The summed E-state index contributed by atoms with van der Waals surface area (Å²) in [5.74, 6) is 0.627. The summed E-state index contributed by atoms with van der Waals surface area (Å²) in [6.07, 6.45) is 6.19. The van der Waals surface area contributed by atoms with Gasteiger partial charge < -0.3 is 14.4 Å². The number of pyridine rings is 1. The number of hydrogen-bond acceptors (Lipinski definition) is 7. The minimum atomic E-state index is -4.49. The van der Waals surface area contributed by atoms with Crippen LogP contribution in [0.25, 0.3) is 17.2 Å². The largest absolute Gasteiger partial charge is 0.417 e. The number of amides is 1. The number of anilines is 1. The first-order chi connectivity index (χ1) is 18.3. The number of halogens is 3. The molecule has 0 spiro atoms. The number of imidazole rings is 2. The lowest BCUT2D eigenvalue weighted by molar-refractivity contribution is -0.137. The van der Waals surface area contributed by atoms with Gasteiger partial charge in [0.2, 0.25) is 0 Å². The standard InChI is InChI=1S/C24H21F3N10O/c1-34-12-17(30-14-34)23(38)36-7-6-35(13-19(36)15-8-31-32-9-15)21-4-5-28-22(33-21)18-10-29-20-3-2-16(11-37(18)20)24(25,26)27/h2-5,8-12,14,19H,6-7,13H2,1H3,(H,31,32). The van der Waals surface area contributed by atoms with Gasteiger partial charge in [0, 0.05) is 57.0 Å². The van der Waals surface area contributed by atoms with Crippen LogP contribution in [-0.2, 0) is 13.2 Å². The van der Waals surface area contributed by atoms with Gasteiger partial charge in [0.25, 0.3) is 5.91 Å². The van der Waals surface area contributed by atoms with Crippen LogP contribution in [0.5, 0.6) is 0 Å². The predicted molar refractivity (Wildman–Crippen MR) is 129 cm³/mol. The van der Waals surface area contributed by atoms with E-state index in [1.54, 1.807) is 53.7 Å². The lowest BCUT2D eigenvalue weighted by atomic mass is 10.1. The Morgan fingerprint density at radius 2 is 1.95 bits per heavy atom. The number of H-pyrrole nitrogens is 1. The molecule has 194 valence electrons. The summed E-state index contributed by atoms with van der Waals surface area (Å²) >= 11 is 0. The highest BCUT2D eigenvalue weighted by atomic mass is 19.4. The topological polar surface area (TPSA) is 113 Å². The second-order valence-electron chi connectivity index (χ2n) is 8.94. The monoisotopic (exact) mass is 522 g/mol. The number of alkyl halides is 3. The first-order valence-corrected chi connectivity index (χ1v) is 11.7. The minimum absolute atomic E-state index is 0.189. The summed E-state index contributed by atoms with van der Waals surface area (Å²) in [5.41, 5.74) is 1.07. The van der Waals surface area contributed by atoms with E-state index in [-0.39, 0.29) is 17.8 Å². The average molecular weight is 522 g/mol. The summed E-state index contributed by atoms with van der Waals surface area (Å²) in [6, 6.07) is 3.70. The molecule has 0 radical (unpaired) electrons. The van der Waals surface area contributed by atoms with E-state index in [9.17, 15) is 18.0 Å². The van der Waals surface area contributed by atoms with Gasteiger partial charge in [-0.15, -0.1) is 0 Å². The molecule has 1 unspecified atom stereocenters. The number of aryl methyl sites for hydroxylation is 1. The number of aromatic amines is 1. The predicted octanol–water partition coefficient (Wildman–Crippen LogP) is 2.97. The quantitative estimate of drug-likeness (QED) is 0.386. The van der Waals surface area contributed by atoms with Crippen molar-refractivity contribution in [3.05, 3.63) is 78.5 Å². The molecule has 0 aliphatic carbocycles. The molecule has 14 heteroatoms. The molecule has 0 saturated carbocycles. The molecular weight excluding hydrogens is 501 g/mol. The van der Waals surface area contributed by atoms with Crippen LogP contribution in [0.1, 0.15) is 27.7 Å². The zero-order valence-corrected chi connectivity index (χ0v) is 20.0. The maximum atomic E-state index is 13.3. The third-order valence-corrected chi connectivity index (χ3v) is 6.50. The van der Waals surface area contributed by atoms with Gasteiger partial charge in [0.05, 0.1) is 30.3 Å². The second-order valence-corrected chi connectivity index (χ2v) is 8.94. The van der Waals surface area contributed by atoms with Gasteiger partial charge in [0.1, 0.15) is 22.9 Å². The zero-order valence-electron chi connectivity index (χ0n) is 20.0. The van der Waals surface area contributed by atoms with Gasteiger partial charge in [-0.1, -0.05) is 0 Å². The van der Waals surface area contributed by atoms with Crippen molar-refractivity contribution in [3.63, 3.8) is 0 Å². The third kappa shape index (κ3) is 4.23. The fourth-order valence-electron chi connectivity index (χ4n) is 4.60. The van der Waals surface area contributed by atoms with Crippen molar-refractivity contribution < 1.29 is 18.0 Å². The van der Waals surface area contributed by atoms with Crippen molar-refractivity contribution in [1.29, 1.82) is 0 Å². The first kappa shape index (κ1) is 23.6. The van der Waals surface area contributed by atoms with Gasteiger partial charge in [-0.25, -0.2) is 19.9 Å². The van der Waals surface area contributed by atoms with Crippen LogP contribution in [-0.4, -0.2) is 69.5 Å². The van der Waals surface area contributed by atoms with Crippen LogP contribution in [0.4, 0.5) is 19.0 Å². The molecule has 11 nitrogen and oxygen atoms in total. The molecule has 1 fully saturated rings.